The summed E-state index contributed by atoms with van der Waals surface area (Å²) in [6.45, 7) is 6.05. The van der Waals surface area contributed by atoms with Crippen molar-refractivity contribution in [2.24, 2.45) is 0 Å². The van der Waals surface area contributed by atoms with Gasteiger partial charge in [-0.15, -0.1) is 0 Å². The number of benzene rings is 2. The van der Waals surface area contributed by atoms with Gasteiger partial charge in [-0.25, -0.2) is 0 Å². The van der Waals surface area contributed by atoms with Gasteiger partial charge in [0.05, 0.1) is 0 Å². The highest BCUT2D eigenvalue weighted by molar-refractivity contribution is 6.08. The predicted molar refractivity (Wildman–Crippen MR) is 94.4 cm³/mol. The van der Waals surface area contributed by atoms with E-state index in [4.69, 9.17) is 0 Å². The van der Waals surface area contributed by atoms with Crippen molar-refractivity contribution < 1.29 is 0 Å². The molecule has 0 saturated carbocycles. The van der Waals surface area contributed by atoms with Crippen LogP contribution in [0.1, 0.15) is 32.2 Å². The predicted octanol–water partition coefficient (Wildman–Crippen LogP) is 4.84. The molecule has 1 aliphatic heterocycles. The van der Waals surface area contributed by atoms with Crippen LogP contribution in [0.3, 0.4) is 0 Å². The highest BCUT2D eigenvalue weighted by Gasteiger charge is 2.18. The molecule has 2 nitrogen and oxygen atoms in total. The second-order valence-corrected chi connectivity index (χ2v) is 6.61. The topological polar surface area (TPSA) is 8.17 Å². The highest BCUT2D eigenvalue weighted by atomic mass is 15.2. The fourth-order valence-electron chi connectivity index (χ4n) is 4.02. The van der Waals surface area contributed by atoms with E-state index >= 15 is 0 Å². The SMILES string of the molecule is CC(CN1CCCCC1)n1c2ccccc2c2ccccc21. The maximum absolute atomic E-state index is 2.64. The quantitative estimate of drug-likeness (QED) is 0.670. The van der Waals surface area contributed by atoms with Gasteiger partial charge >= 0.3 is 0 Å². The number of likely N-dealkylation sites (tertiary alicyclic amines) is 1. The van der Waals surface area contributed by atoms with E-state index in [1.165, 1.54) is 54.2 Å². The minimum absolute atomic E-state index is 0.503. The van der Waals surface area contributed by atoms with Gasteiger partial charge in [-0.1, -0.05) is 42.8 Å². The van der Waals surface area contributed by atoms with Crippen molar-refractivity contribution in [1.82, 2.24) is 9.47 Å². The van der Waals surface area contributed by atoms with E-state index in [1.807, 2.05) is 0 Å². The van der Waals surface area contributed by atoms with Crippen LogP contribution in [0.15, 0.2) is 48.5 Å². The molecule has 1 aliphatic rings. The maximum atomic E-state index is 2.64. The first-order valence-electron chi connectivity index (χ1n) is 8.54. The Hall–Kier alpha value is -1.80. The Morgan fingerprint density at radius 2 is 1.36 bits per heavy atom. The van der Waals surface area contributed by atoms with Crippen molar-refractivity contribution in [2.45, 2.75) is 32.2 Å². The Morgan fingerprint density at radius 1 is 0.818 bits per heavy atom. The fourth-order valence-corrected chi connectivity index (χ4v) is 4.02. The highest BCUT2D eigenvalue weighted by Crippen LogP contribution is 2.32. The summed E-state index contributed by atoms with van der Waals surface area (Å²) in [5.74, 6) is 0. The van der Waals surface area contributed by atoms with Gasteiger partial charge < -0.3 is 9.47 Å². The number of nitrogens with zero attached hydrogens (tertiary/aromatic N) is 2. The lowest BCUT2D eigenvalue weighted by Gasteiger charge is -2.30. The van der Waals surface area contributed by atoms with E-state index in [1.54, 1.807) is 0 Å². The summed E-state index contributed by atoms with van der Waals surface area (Å²) < 4.78 is 2.54. The van der Waals surface area contributed by atoms with Gasteiger partial charge in [0.25, 0.3) is 0 Å². The number of fused-ring (bicyclic) bond motifs is 3. The Balaban J connectivity index is 1.78. The molecule has 3 aromatic rings. The monoisotopic (exact) mass is 292 g/mol. The van der Waals surface area contributed by atoms with Crippen molar-refractivity contribution in [2.75, 3.05) is 19.6 Å². The molecule has 2 aromatic carbocycles. The minimum atomic E-state index is 0.503. The largest absolute Gasteiger partial charge is 0.336 e. The van der Waals surface area contributed by atoms with E-state index in [0.29, 0.717) is 6.04 Å². The average Bonchev–Trinajstić information content (AvgIpc) is 2.90. The molecule has 1 unspecified atom stereocenters. The van der Waals surface area contributed by atoms with Crippen LogP contribution in [-0.2, 0) is 0 Å². The number of aromatic nitrogens is 1. The number of piperidine rings is 1. The number of rotatable bonds is 3. The van der Waals surface area contributed by atoms with E-state index in [2.05, 4.69) is 64.9 Å². The van der Waals surface area contributed by atoms with Crippen LogP contribution in [0.4, 0.5) is 0 Å². The zero-order valence-corrected chi connectivity index (χ0v) is 13.3. The summed E-state index contributed by atoms with van der Waals surface area (Å²) in [4.78, 5) is 2.64. The Morgan fingerprint density at radius 3 is 1.95 bits per heavy atom. The molecule has 0 amide bonds. The molecule has 1 fully saturated rings. The second kappa shape index (κ2) is 5.77. The zero-order chi connectivity index (χ0) is 14.9. The lowest BCUT2D eigenvalue weighted by Crippen LogP contribution is -2.34. The molecule has 0 bridgehead atoms. The normalized spacial score (nSPS) is 18.0. The van der Waals surface area contributed by atoms with Crippen molar-refractivity contribution in [1.29, 1.82) is 0 Å². The van der Waals surface area contributed by atoms with Gasteiger partial charge in [-0.2, -0.15) is 0 Å². The molecule has 1 saturated heterocycles. The van der Waals surface area contributed by atoms with Crippen LogP contribution in [0.5, 0.6) is 0 Å². The third kappa shape index (κ3) is 2.32. The Labute approximate surface area is 132 Å². The maximum Gasteiger partial charge on any atom is 0.0494 e. The average molecular weight is 292 g/mol. The fraction of sp³-hybridized carbons (Fsp3) is 0.400. The number of para-hydroxylation sites is 2. The summed E-state index contributed by atoms with van der Waals surface area (Å²) in [6, 6.07) is 18.1. The third-order valence-electron chi connectivity index (χ3n) is 5.03. The molecule has 0 N–H and O–H groups in total. The first kappa shape index (κ1) is 13.8. The number of hydrogen-bond donors (Lipinski definition) is 0. The van der Waals surface area contributed by atoms with Crippen LogP contribution in [0.2, 0.25) is 0 Å². The lowest BCUT2D eigenvalue weighted by atomic mass is 10.1. The van der Waals surface area contributed by atoms with Gasteiger partial charge in [0.2, 0.25) is 0 Å². The van der Waals surface area contributed by atoms with Gasteiger partial charge in [-0.3, -0.25) is 0 Å². The molecule has 1 aromatic heterocycles. The lowest BCUT2D eigenvalue weighted by molar-refractivity contribution is 0.204. The Kier molecular flexibility index (Phi) is 3.63. The number of hydrogen-bond acceptors (Lipinski definition) is 1. The zero-order valence-electron chi connectivity index (χ0n) is 13.3. The van der Waals surface area contributed by atoms with E-state index in [0.717, 1.165) is 6.54 Å². The van der Waals surface area contributed by atoms with Gasteiger partial charge in [0.15, 0.2) is 0 Å². The molecular formula is C20H24N2. The molecule has 0 aliphatic carbocycles. The van der Waals surface area contributed by atoms with E-state index in [-0.39, 0.29) is 0 Å². The molecule has 2 heterocycles. The summed E-state index contributed by atoms with van der Waals surface area (Å²) >= 11 is 0. The standard InChI is InChI=1S/C20H24N2/c1-16(15-21-13-7-2-8-14-21)22-19-11-5-3-9-17(19)18-10-4-6-12-20(18)22/h3-6,9-12,16H,2,7-8,13-15H2,1H3. The summed E-state index contributed by atoms with van der Waals surface area (Å²) in [6.07, 6.45) is 4.13. The van der Waals surface area contributed by atoms with Crippen molar-refractivity contribution >= 4 is 21.8 Å². The van der Waals surface area contributed by atoms with E-state index in [9.17, 15) is 0 Å². The van der Waals surface area contributed by atoms with Gasteiger partial charge in [0.1, 0.15) is 0 Å². The van der Waals surface area contributed by atoms with Crippen LogP contribution < -0.4 is 0 Å². The molecule has 0 radical (unpaired) electrons. The van der Waals surface area contributed by atoms with Crippen molar-refractivity contribution in [3.05, 3.63) is 48.5 Å². The van der Waals surface area contributed by atoms with Gasteiger partial charge in [-0.05, 0) is 45.0 Å². The molecule has 114 valence electrons. The van der Waals surface area contributed by atoms with Crippen LogP contribution in [-0.4, -0.2) is 29.1 Å². The first-order chi connectivity index (χ1) is 10.8. The second-order valence-electron chi connectivity index (χ2n) is 6.61. The molecule has 1 atom stereocenters. The van der Waals surface area contributed by atoms with Crippen molar-refractivity contribution in [3.8, 4) is 0 Å². The summed E-state index contributed by atoms with van der Waals surface area (Å²) in [5.41, 5.74) is 2.74. The Bertz CT molecular complexity index is 727. The minimum Gasteiger partial charge on any atom is -0.336 e. The van der Waals surface area contributed by atoms with Crippen LogP contribution in [0.25, 0.3) is 21.8 Å². The van der Waals surface area contributed by atoms with Gasteiger partial charge in [0, 0.05) is 34.4 Å². The van der Waals surface area contributed by atoms with Crippen molar-refractivity contribution in [3.63, 3.8) is 0 Å². The summed E-state index contributed by atoms with van der Waals surface area (Å²) in [7, 11) is 0. The smallest absolute Gasteiger partial charge is 0.0494 e. The molecule has 4 rings (SSSR count). The molecule has 22 heavy (non-hydrogen) atoms. The molecular weight excluding hydrogens is 268 g/mol. The molecule has 0 spiro atoms. The van der Waals surface area contributed by atoms with Crippen LogP contribution in [0, 0.1) is 0 Å². The summed E-state index contributed by atoms with van der Waals surface area (Å²) in [5, 5.41) is 2.76. The molecule has 2 heteroatoms. The van der Waals surface area contributed by atoms with E-state index < -0.39 is 0 Å². The van der Waals surface area contributed by atoms with Crippen LogP contribution >= 0.6 is 0 Å². The third-order valence-corrected chi connectivity index (χ3v) is 5.03. The first-order valence-corrected chi connectivity index (χ1v) is 8.54.